The Kier molecular flexibility index (Phi) is 4.32. The molecule has 5 nitrogen and oxygen atoms in total. The summed E-state index contributed by atoms with van der Waals surface area (Å²) in [4.78, 5) is 16.2. The van der Waals surface area contributed by atoms with Gasteiger partial charge >= 0.3 is 0 Å². The van der Waals surface area contributed by atoms with Gasteiger partial charge in [-0.3, -0.25) is 4.79 Å². The molecule has 1 aliphatic rings. The number of carbonyl (C=O) groups excluding carboxylic acids is 1. The Hall–Kier alpha value is -2.43. The van der Waals surface area contributed by atoms with Gasteiger partial charge in [-0.15, -0.1) is 0 Å². The number of carbonyl (C=O) groups is 1. The van der Waals surface area contributed by atoms with E-state index in [1.807, 2.05) is 35.2 Å². The van der Waals surface area contributed by atoms with E-state index in [9.17, 15) is 9.90 Å². The highest BCUT2D eigenvalue weighted by atomic mass is 16.3. The summed E-state index contributed by atoms with van der Waals surface area (Å²) in [5.74, 6) is 1.30. The van der Waals surface area contributed by atoms with Crippen LogP contribution in [0.5, 0.6) is 5.75 Å². The molecule has 3 rings (SSSR count). The first-order valence-electron chi connectivity index (χ1n) is 7.57. The van der Waals surface area contributed by atoms with Gasteiger partial charge < -0.3 is 19.3 Å². The highest BCUT2D eigenvalue weighted by Crippen LogP contribution is 2.27. The predicted octanol–water partition coefficient (Wildman–Crippen LogP) is 2.27. The van der Waals surface area contributed by atoms with Crippen molar-refractivity contribution < 1.29 is 14.3 Å². The fourth-order valence-electron chi connectivity index (χ4n) is 2.77. The Morgan fingerprint density at radius 1 is 1.09 bits per heavy atom. The molecule has 0 aliphatic carbocycles. The average molecular weight is 300 g/mol. The van der Waals surface area contributed by atoms with E-state index in [1.165, 1.54) is 0 Å². The Morgan fingerprint density at radius 3 is 2.55 bits per heavy atom. The summed E-state index contributed by atoms with van der Waals surface area (Å²) >= 11 is 0. The topological polar surface area (TPSA) is 56.9 Å². The molecule has 1 aliphatic heterocycles. The number of phenols is 1. The molecule has 0 radical (unpaired) electrons. The number of para-hydroxylation sites is 2. The zero-order valence-electron chi connectivity index (χ0n) is 12.4. The van der Waals surface area contributed by atoms with Gasteiger partial charge in [0.25, 0.3) is 0 Å². The molecule has 5 heteroatoms. The van der Waals surface area contributed by atoms with E-state index >= 15 is 0 Å². The number of amides is 1. The summed E-state index contributed by atoms with van der Waals surface area (Å²) in [5.41, 5.74) is 0.838. The van der Waals surface area contributed by atoms with Crippen LogP contribution in [0.1, 0.15) is 12.2 Å². The number of aryl methyl sites for hydroxylation is 1. The van der Waals surface area contributed by atoms with Crippen molar-refractivity contribution in [2.75, 3.05) is 31.1 Å². The lowest BCUT2D eigenvalue weighted by molar-refractivity contribution is -0.131. The molecule has 22 heavy (non-hydrogen) atoms. The lowest BCUT2D eigenvalue weighted by Crippen LogP contribution is -2.48. The summed E-state index contributed by atoms with van der Waals surface area (Å²) in [5, 5.41) is 9.90. The molecule has 0 atom stereocenters. The van der Waals surface area contributed by atoms with Crippen molar-refractivity contribution in [3.63, 3.8) is 0 Å². The fourth-order valence-corrected chi connectivity index (χ4v) is 2.77. The maximum atomic E-state index is 12.2. The number of piperazine rings is 1. The van der Waals surface area contributed by atoms with Crippen LogP contribution in [0, 0.1) is 0 Å². The van der Waals surface area contributed by atoms with Gasteiger partial charge in [-0.05, 0) is 24.3 Å². The van der Waals surface area contributed by atoms with Gasteiger partial charge in [0.05, 0.1) is 12.0 Å². The molecule has 2 aromatic rings. The number of furan rings is 1. The monoisotopic (exact) mass is 300 g/mol. The van der Waals surface area contributed by atoms with Crippen LogP contribution in [0.15, 0.2) is 47.1 Å². The minimum absolute atomic E-state index is 0.160. The molecule has 1 amide bonds. The van der Waals surface area contributed by atoms with Crippen molar-refractivity contribution in [2.45, 2.75) is 12.8 Å². The molecule has 1 fully saturated rings. The largest absolute Gasteiger partial charge is 0.506 e. The van der Waals surface area contributed by atoms with Crippen molar-refractivity contribution >= 4 is 11.6 Å². The highest BCUT2D eigenvalue weighted by Gasteiger charge is 2.22. The van der Waals surface area contributed by atoms with Crippen LogP contribution in [-0.2, 0) is 11.2 Å². The number of anilines is 1. The number of rotatable bonds is 4. The highest BCUT2D eigenvalue weighted by molar-refractivity contribution is 5.76. The van der Waals surface area contributed by atoms with E-state index < -0.39 is 0 Å². The summed E-state index contributed by atoms with van der Waals surface area (Å²) in [7, 11) is 0. The molecule has 0 saturated carbocycles. The van der Waals surface area contributed by atoms with E-state index in [-0.39, 0.29) is 5.91 Å². The maximum absolute atomic E-state index is 12.2. The van der Waals surface area contributed by atoms with Crippen molar-refractivity contribution in [1.82, 2.24) is 4.90 Å². The zero-order chi connectivity index (χ0) is 15.4. The fraction of sp³-hybridized carbons (Fsp3) is 0.353. The van der Waals surface area contributed by atoms with E-state index in [4.69, 9.17) is 4.42 Å². The van der Waals surface area contributed by atoms with Gasteiger partial charge in [-0.2, -0.15) is 0 Å². The second-order valence-electron chi connectivity index (χ2n) is 5.44. The Bertz CT molecular complexity index is 617. The maximum Gasteiger partial charge on any atom is 0.223 e. The van der Waals surface area contributed by atoms with E-state index in [0.29, 0.717) is 31.7 Å². The second kappa shape index (κ2) is 6.56. The molecular weight excluding hydrogens is 280 g/mol. The number of aromatic hydroxyl groups is 1. The van der Waals surface area contributed by atoms with Crippen LogP contribution >= 0.6 is 0 Å². The lowest BCUT2D eigenvalue weighted by Gasteiger charge is -2.36. The SMILES string of the molecule is O=C(CCc1ccco1)N1CCN(c2ccccc2O)CC1. The van der Waals surface area contributed by atoms with Crippen LogP contribution < -0.4 is 4.90 Å². The Labute approximate surface area is 129 Å². The van der Waals surface area contributed by atoms with Gasteiger partial charge in [-0.1, -0.05) is 12.1 Å². The number of phenolic OH excluding ortho intramolecular Hbond substituents is 1. The van der Waals surface area contributed by atoms with Crippen LogP contribution in [0.25, 0.3) is 0 Å². The smallest absolute Gasteiger partial charge is 0.223 e. The standard InChI is InChI=1S/C17H20N2O3/c20-16-6-2-1-5-15(16)18-9-11-19(12-10-18)17(21)8-7-14-4-3-13-22-14/h1-6,13,20H,7-12H2. The molecule has 2 heterocycles. The van der Waals surface area contributed by atoms with Crippen molar-refractivity contribution in [3.8, 4) is 5.75 Å². The van der Waals surface area contributed by atoms with Gasteiger partial charge in [-0.25, -0.2) is 0 Å². The van der Waals surface area contributed by atoms with Gasteiger partial charge in [0, 0.05) is 39.0 Å². The van der Waals surface area contributed by atoms with Gasteiger partial charge in [0.1, 0.15) is 11.5 Å². The van der Waals surface area contributed by atoms with Crippen molar-refractivity contribution in [3.05, 3.63) is 48.4 Å². The first-order valence-corrected chi connectivity index (χ1v) is 7.57. The summed E-state index contributed by atoms with van der Waals surface area (Å²) in [6.45, 7) is 2.85. The molecule has 1 aromatic heterocycles. The Balaban J connectivity index is 1.51. The summed E-state index contributed by atoms with van der Waals surface area (Å²) in [6, 6.07) is 11.1. The quantitative estimate of drug-likeness (QED) is 0.941. The first-order chi connectivity index (χ1) is 10.7. The van der Waals surface area contributed by atoms with E-state index in [1.54, 1.807) is 12.3 Å². The van der Waals surface area contributed by atoms with E-state index in [0.717, 1.165) is 24.5 Å². The lowest BCUT2D eigenvalue weighted by atomic mass is 10.2. The van der Waals surface area contributed by atoms with Crippen LogP contribution in [-0.4, -0.2) is 42.1 Å². The minimum Gasteiger partial charge on any atom is -0.506 e. The molecule has 0 unspecified atom stereocenters. The van der Waals surface area contributed by atoms with Crippen molar-refractivity contribution in [1.29, 1.82) is 0 Å². The number of benzene rings is 1. The third-order valence-electron chi connectivity index (χ3n) is 4.02. The van der Waals surface area contributed by atoms with E-state index in [2.05, 4.69) is 4.90 Å². The summed E-state index contributed by atoms with van der Waals surface area (Å²) in [6.07, 6.45) is 2.75. The molecule has 0 bridgehead atoms. The first kappa shape index (κ1) is 14.5. The third-order valence-corrected chi connectivity index (χ3v) is 4.02. The van der Waals surface area contributed by atoms with Gasteiger partial charge in [0.2, 0.25) is 5.91 Å². The zero-order valence-corrected chi connectivity index (χ0v) is 12.4. The molecular formula is C17H20N2O3. The average Bonchev–Trinajstić information content (AvgIpc) is 3.07. The van der Waals surface area contributed by atoms with Crippen molar-refractivity contribution in [2.24, 2.45) is 0 Å². The second-order valence-corrected chi connectivity index (χ2v) is 5.44. The third kappa shape index (κ3) is 3.24. The Morgan fingerprint density at radius 2 is 1.86 bits per heavy atom. The number of nitrogens with zero attached hydrogens (tertiary/aromatic N) is 2. The van der Waals surface area contributed by atoms with Crippen LogP contribution in [0.4, 0.5) is 5.69 Å². The molecule has 0 spiro atoms. The molecule has 1 saturated heterocycles. The minimum atomic E-state index is 0.160. The van der Waals surface area contributed by atoms with Gasteiger partial charge in [0.15, 0.2) is 0 Å². The number of hydrogen-bond acceptors (Lipinski definition) is 4. The van der Waals surface area contributed by atoms with Crippen LogP contribution in [0.2, 0.25) is 0 Å². The summed E-state index contributed by atoms with van der Waals surface area (Å²) < 4.78 is 5.25. The number of hydrogen-bond donors (Lipinski definition) is 1. The molecule has 1 N–H and O–H groups in total. The van der Waals surface area contributed by atoms with Crippen LogP contribution in [0.3, 0.4) is 0 Å². The molecule has 1 aromatic carbocycles. The molecule has 116 valence electrons. The predicted molar refractivity (Wildman–Crippen MR) is 83.9 cm³/mol. The normalized spacial score (nSPS) is 15.1.